The van der Waals surface area contributed by atoms with Gasteiger partial charge in [0.05, 0.1) is 6.04 Å². The Hall–Kier alpha value is -1.79. The molecule has 7 heteroatoms. The lowest BCUT2D eigenvalue weighted by atomic mass is 10.1. The van der Waals surface area contributed by atoms with E-state index in [2.05, 4.69) is 5.32 Å². The standard InChI is InChI=1S/C14H21N3O3.ClH/c1-2-4-12(15)14(19)17-8-10-5-3-6-11(7-10)20-9-13(16)18;/h3,5-7,12H,2,4,8-9,15H2,1H3,(H2,16,18)(H,17,19);1H. The second-order valence-electron chi connectivity index (χ2n) is 4.52. The van der Waals surface area contributed by atoms with Gasteiger partial charge in [0.2, 0.25) is 5.91 Å². The minimum Gasteiger partial charge on any atom is -0.484 e. The summed E-state index contributed by atoms with van der Waals surface area (Å²) in [5, 5.41) is 2.76. The first-order chi connectivity index (χ1) is 9.52. The smallest absolute Gasteiger partial charge is 0.255 e. The molecule has 1 rings (SSSR count). The summed E-state index contributed by atoms with van der Waals surface area (Å²) < 4.78 is 5.19. The van der Waals surface area contributed by atoms with Crippen LogP contribution in [0.15, 0.2) is 24.3 Å². The first-order valence-corrected chi connectivity index (χ1v) is 6.56. The average Bonchev–Trinajstić information content (AvgIpc) is 2.43. The van der Waals surface area contributed by atoms with E-state index < -0.39 is 11.9 Å². The highest BCUT2D eigenvalue weighted by molar-refractivity contribution is 5.85. The van der Waals surface area contributed by atoms with Gasteiger partial charge in [0.1, 0.15) is 5.75 Å². The van der Waals surface area contributed by atoms with Crippen LogP contribution in [0, 0.1) is 0 Å². The topological polar surface area (TPSA) is 107 Å². The molecule has 5 N–H and O–H groups in total. The van der Waals surface area contributed by atoms with Crippen LogP contribution in [0.2, 0.25) is 0 Å². The molecule has 0 saturated heterocycles. The fourth-order valence-corrected chi connectivity index (χ4v) is 1.66. The number of ether oxygens (including phenoxy) is 1. The number of primary amides is 1. The van der Waals surface area contributed by atoms with Gasteiger partial charge in [-0.1, -0.05) is 25.5 Å². The van der Waals surface area contributed by atoms with Crippen molar-refractivity contribution >= 4 is 24.2 Å². The van der Waals surface area contributed by atoms with E-state index in [1.807, 2.05) is 13.0 Å². The van der Waals surface area contributed by atoms with Crippen molar-refractivity contribution in [2.45, 2.75) is 32.4 Å². The van der Waals surface area contributed by atoms with Crippen LogP contribution in [-0.4, -0.2) is 24.5 Å². The van der Waals surface area contributed by atoms with Gasteiger partial charge < -0.3 is 21.5 Å². The summed E-state index contributed by atoms with van der Waals surface area (Å²) in [5.74, 6) is -0.169. The van der Waals surface area contributed by atoms with Crippen molar-refractivity contribution in [3.8, 4) is 5.75 Å². The second kappa shape index (κ2) is 10.0. The molecule has 0 radical (unpaired) electrons. The maximum Gasteiger partial charge on any atom is 0.255 e. The molecule has 2 amide bonds. The Kier molecular flexibility index (Phi) is 9.16. The summed E-state index contributed by atoms with van der Waals surface area (Å²) >= 11 is 0. The molecular formula is C14H22ClN3O3. The van der Waals surface area contributed by atoms with Crippen molar-refractivity contribution in [2.75, 3.05) is 6.61 Å². The second-order valence-corrected chi connectivity index (χ2v) is 4.52. The quantitative estimate of drug-likeness (QED) is 0.656. The molecule has 0 saturated carbocycles. The molecular weight excluding hydrogens is 294 g/mol. The number of nitrogens with two attached hydrogens (primary N) is 2. The largest absolute Gasteiger partial charge is 0.484 e. The molecule has 1 aromatic rings. The van der Waals surface area contributed by atoms with Crippen LogP contribution in [0.3, 0.4) is 0 Å². The van der Waals surface area contributed by atoms with Crippen LogP contribution in [0.4, 0.5) is 0 Å². The Bertz CT molecular complexity index is 469. The lowest BCUT2D eigenvalue weighted by Gasteiger charge is -2.12. The minimum absolute atomic E-state index is 0. The highest BCUT2D eigenvalue weighted by atomic mass is 35.5. The number of carbonyl (C=O) groups is 2. The summed E-state index contributed by atoms with van der Waals surface area (Å²) in [7, 11) is 0. The number of hydrogen-bond acceptors (Lipinski definition) is 4. The van der Waals surface area contributed by atoms with Crippen molar-refractivity contribution in [1.82, 2.24) is 5.32 Å². The molecule has 0 aliphatic carbocycles. The van der Waals surface area contributed by atoms with Crippen molar-refractivity contribution in [3.05, 3.63) is 29.8 Å². The zero-order valence-electron chi connectivity index (χ0n) is 12.0. The lowest BCUT2D eigenvalue weighted by molar-refractivity contribution is -0.122. The van der Waals surface area contributed by atoms with Crippen LogP contribution in [0.5, 0.6) is 5.75 Å². The Labute approximate surface area is 130 Å². The van der Waals surface area contributed by atoms with E-state index in [0.717, 1.165) is 12.0 Å². The summed E-state index contributed by atoms with van der Waals surface area (Å²) in [6.07, 6.45) is 1.53. The number of hydrogen-bond donors (Lipinski definition) is 3. The molecule has 0 aliphatic heterocycles. The Morgan fingerprint density at radius 2 is 2.10 bits per heavy atom. The fourth-order valence-electron chi connectivity index (χ4n) is 1.66. The maximum absolute atomic E-state index is 11.7. The normalized spacial score (nSPS) is 11.1. The highest BCUT2D eigenvalue weighted by Gasteiger charge is 2.11. The van der Waals surface area contributed by atoms with Crippen LogP contribution in [-0.2, 0) is 16.1 Å². The number of nitrogens with one attached hydrogen (secondary N) is 1. The highest BCUT2D eigenvalue weighted by Crippen LogP contribution is 2.13. The summed E-state index contributed by atoms with van der Waals surface area (Å²) in [6, 6.07) is 6.62. The zero-order valence-corrected chi connectivity index (χ0v) is 12.8. The van der Waals surface area contributed by atoms with E-state index in [-0.39, 0.29) is 24.9 Å². The van der Waals surface area contributed by atoms with Crippen LogP contribution >= 0.6 is 12.4 Å². The van der Waals surface area contributed by atoms with E-state index >= 15 is 0 Å². The van der Waals surface area contributed by atoms with Crippen LogP contribution < -0.4 is 21.5 Å². The lowest BCUT2D eigenvalue weighted by Crippen LogP contribution is -2.40. The third-order valence-corrected chi connectivity index (χ3v) is 2.68. The van der Waals surface area contributed by atoms with Gasteiger partial charge in [-0.3, -0.25) is 9.59 Å². The molecule has 6 nitrogen and oxygen atoms in total. The molecule has 0 heterocycles. The third kappa shape index (κ3) is 7.53. The van der Waals surface area contributed by atoms with Gasteiger partial charge in [-0.2, -0.15) is 0 Å². The summed E-state index contributed by atoms with van der Waals surface area (Å²) in [4.78, 5) is 22.3. The molecule has 1 aromatic carbocycles. The van der Waals surface area contributed by atoms with Gasteiger partial charge in [0, 0.05) is 6.54 Å². The zero-order chi connectivity index (χ0) is 15.0. The molecule has 1 atom stereocenters. The number of benzene rings is 1. The van der Waals surface area contributed by atoms with Crippen molar-refractivity contribution in [3.63, 3.8) is 0 Å². The first-order valence-electron chi connectivity index (χ1n) is 6.56. The molecule has 0 bridgehead atoms. The summed E-state index contributed by atoms with van der Waals surface area (Å²) in [5.41, 5.74) is 11.6. The molecule has 0 spiro atoms. The predicted molar refractivity (Wildman–Crippen MR) is 83.1 cm³/mol. The van der Waals surface area contributed by atoms with Gasteiger partial charge in [0.25, 0.3) is 5.91 Å². The minimum atomic E-state index is -0.533. The van der Waals surface area contributed by atoms with E-state index in [0.29, 0.717) is 18.7 Å². The number of rotatable bonds is 8. The monoisotopic (exact) mass is 315 g/mol. The Morgan fingerprint density at radius 3 is 2.71 bits per heavy atom. The number of carbonyl (C=O) groups excluding carboxylic acids is 2. The fraction of sp³-hybridized carbons (Fsp3) is 0.429. The Balaban J connectivity index is 0.00000400. The Morgan fingerprint density at radius 1 is 1.38 bits per heavy atom. The van der Waals surface area contributed by atoms with Gasteiger partial charge in [-0.05, 0) is 24.1 Å². The number of halogens is 1. The van der Waals surface area contributed by atoms with Crippen LogP contribution in [0.25, 0.3) is 0 Å². The maximum atomic E-state index is 11.7. The van der Waals surface area contributed by atoms with Gasteiger partial charge in [-0.15, -0.1) is 12.4 Å². The molecule has 21 heavy (non-hydrogen) atoms. The van der Waals surface area contributed by atoms with E-state index in [1.54, 1.807) is 18.2 Å². The average molecular weight is 316 g/mol. The molecule has 1 unspecified atom stereocenters. The van der Waals surface area contributed by atoms with Crippen molar-refractivity contribution in [1.29, 1.82) is 0 Å². The van der Waals surface area contributed by atoms with Gasteiger partial charge >= 0.3 is 0 Å². The molecule has 0 fully saturated rings. The molecule has 0 aromatic heterocycles. The summed E-state index contributed by atoms with van der Waals surface area (Å²) in [6.45, 7) is 2.17. The van der Waals surface area contributed by atoms with Crippen LogP contribution in [0.1, 0.15) is 25.3 Å². The molecule has 118 valence electrons. The van der Waals surface area contributed by atoms with Gasteiger partial charge in [-0.25, -0.2) is 0 Å². The van der Waals surface area contributed by atoms with E-state index in [1.165, 1.54) is 0 Å². The SMILES string of the molecule is CCCC(N)C(=O)NCc1cccc(OCC(N)=O)c1.Cl. The molecule has 0 aliphatic rings. The van der Waals surface area contributed by atoms with E-state index in [4.69, 9.17) is 16.2 Å². The van der Waals surface area contributed by atoms with Crippen molar-refractivity contribution < 1.29 is 14.3 Å². The third-order valence-electron chi connectivity index (χ3n) is 2.68. The van der Waals surface area contributed by atoms with Gasteiger partial charge in [0.15, 0.2) is 6.61 Å². The number of amides is 2. The predicted octanol–water partition coefficient (Wildman–Crippen LogP) is 0.716. The van der Waals surface area contributed by atoms with Crippen molar-refractivity contribution in [2.24, 2.45) is 11.5 Å². The first kappa shape index (κ1) is 19.2. The van der Waals surface area contributed by atoms with E-state index in [9.17, 15) is 9.59 Å².